The van der Waals surface area contributed by atoms with Crippen LogP contribution in [0.15, 0.2) is 11.6 Å². The molecule has 0 spiro atoms. The summed E-state index contributed by atoms with van der Waals surface area (Å²) < 4.78 is 0. The van der Waals surface area contributed by atoms with Crippen molar-refractivity contribution in [3.63, 3.8) is 0 Å². The molecule has 54 valence electrons. The molecular formula is C6H7NO3. The molecule has 10 heavy (non-hydrogen) atoms. The van der Waals surface area contributed by atoms with Crippen molar-refractivity contribution in [1.82, 2.24) is 5.48 Å². The molecule has 0 aromatic rings. The highest BCUT2D eigenvalue weighted by molar-refractivity contribution is 6.19. The summed E-state index contributed by atoms with van der Waals surface area (Å²) in [5.41, 5.74) is 2.05. The predicted molar refractivity (Wildman–Crippen MR) is 32.6 cm³/mol. The number of carbonyl (C=O) groups excluding carboxylic acids is 2. The average Bonchev–Trinajstić information content (AvgIpc) is 2.20. The van der Waals surface area contributed by atoms with E-state index < -0.39 is 11.9 Å². The zero-order valence-corrected chi connectivity index (χ0v) is 5.51. The van der Waals surface area contributed by atoms with Gasteiger partial charge in [-0.15, -0.1) is 0 Å². The van der Waals surface area contributed by atoms with Crippen molar-refractivity contribution >= 4 is 11.9 Å². The van der Waals surface area contributed by atoms with Gasteiger partial charge < -0.3 is 4.84 Å². The van der Waals surface area contributed by atoms with E-state index in [1.54, 1.807) is 0 Å². The first-order chi connectivity index (χ1) is 4.75. The lowest BCUT2D eigenvalue weighted by Crippen LogP contribution is -2.12. The second kappa shape index (κ2) is 2.51. The summed E-state index contributed by atoms with van der Waals surface area (Å²) >= 11 is 0. The highest BCUT2D eigenvalue weighted by Gasteiger charge is 2.27. The van der Waals surface area contributed by atoms with Gasteiger partial charge in [-0.05, 0) is 6.42 Å². The minimum Gasteiger partial charge on any atom is -0.335 e. The maximum absolute atomic E-state index is 10.6. The summed E-state index contributed by atoms with van der Waals surface area (Å²) in [6, 6.07) is 0. The molecule has 1 fully saturated rings. The van der Waals surface area contributed by atoms with Crippen molar-refractivity contribution in [2.45, 2.75) is 13.3 Å². The van der Waals surface area contributed by atoms with Crippen LogP contribution in [0.2, 0.25) is 0 Å². The molecule has 1 aliphatic rings. The van der Waals surface area contributed by atoms with Gasteiger partial charge in [0, 0.05) is 0 Å². The topological polar surface area (TPSA) is 55.4 Å². The fourth-order valence-electron chi connectivity index (χ4n) is 0.676. The van der Waals surface area contributed by atoms with E-state index >= 15 is 0 Å². The number of carbonyl (C=O) groups is 2. The lowest BCUT2D eigenvalue weighted by molar-refractivity contribution is -0.143. The molecule has 1 amide bonds. The van der Waals surface area contributed by atoms with Crippen molar-refractivity contribution in [1.29, 1.82) is 0 Å². The molecule has 1 heterocycles. The summed E-state index contributed by atoms with van der Waals surface area (Å²) in [5.74, 6) is -1.04. The van der Waals surface area contributed by atoms with Crippen molar-refractivity contribution in [3.8, 4) is 0 Å². The van der Waals surface area contributed by atoms with E-state index in [2.05, 4.69) is 4.84 Å². The third-order valence-electron chi connectivity index (χ3n) is 1.11. The summed E-state index contributed by atoms with van der Waals surface area (Å²) in [4.78, 5) is 25.5. The smallest absolute Gasteiger partial charge is 0.335 e. The van der Waals surface area contributed by atoms with Crippen LogP contribution in [-0.2, 0) is 14.4 Å². The van der Waals surface area contributed by atoms with Crippen molar-refractivity contribution in [2.75, 3.05) is 0 Å². The van der Waals surface area contributed by atoms with Gasteiger partial charge in [0.25, 0.3) is 5.91 Å². The SMILES string of the molecule is CCC=C1C(=O)NOC1=O. The Morgan fingerprint density at radius 1 is 1.60 bits per heavy atom. The zero-order valence-electron chi connectivity index (χ0n) is 5.51. The summed E-state index contributed by atoms with van der Waals surface area (Å²) in [7, 11) is 0. The second-order valence-electron chi connectivity index (χ2n) is 1.85. The van der Waals surface area contributed by atoms with E-state index in [0.717, 1.165) is 0 Å². The number of nitrogens with one attached hydrogen (secondary N) is 1. The highest BCUT2D eigenvalue weighted by Crippen LogP contribution is 2.05. The fraction of sp³-hybridized carbons (Fsp3) is 0.333. The maximum atomic E-state index is 10.6. The fourth-order valence-corrected chi connectivity index (χ4v) is 0.676. The Bertz CT molecular complexity index is 189. The van der Waals surface area contributed by atoms with Crippen LogP contribution in [0.3, 0.4) is 0 Å². The minimum atomic E-state index is -0.591. The first-order valence-electron chi connectivity index (χ1n) is 2.97. The molecule has 1 saturated heterocycles. The van der Waals surface area contributed by atoms with Crippen molar-refractivity contribution in [2.24, 2.45) is 0 Å². The Morgan fingerprint density at radius 2 is 2.30 bits per heavy atom. The molecule has 1 aliphatic heterocycles. The molecule has 0 atom stereocenters. The number of hydrogen-bond donors (Lipinski definition) is 1. The normalized spacial score (nSPS) is 21.1. The quantitative estimate of drug-likeness (QED) is 0.410. The standard InChI is InChI=1S/C6H7NO3/c1-2-3-4-5(8)7-10-6(4)9/h3H,2H2,1H3,(H,7,8). The van der Waals surface area contributed by atoms with E-state index in [0.29, 0.717) is 6.42 Å². The van der Waals surface area contributed by atoms with Crippen LogP contribution in [0.25, 0.3) is 0 Å². The van der Waals surface area contributed by atoms with Crippen LogP contribution in [-0.4, -0.2) is 11.9 Å². The second-order valence-corrected chi connectivity index (χ2v) is 1.85. The Kier molecular flexibility index (Phi) is 1.71. The molecule has 4 heteroatoms. The molecule has 0 aromatic carbocycles. The van der Waals surface area contributed by atoms with E-state index in [1.807, 2.05) is 12.4 Å². The monoisotopic (exact) mass is 141 g/mol. The van der Waals surface area contributed by atoms with Crippen molar-refractivity contribution < 1.29 is 14.4 Å². The summed E-state index contributed by atoms with van der Waals surface area (Å²) in [6.45, 7) is 1.84. The molecule has 4 nitrogen and oxygen atoms in total. The number of rotatable bonds is 1. The predicted octanol–water partition coefficient (Wildman–Crippen LogP) is -0.0892. The minimum absolute atomic E-state index is 0.0995. The van der Waals surface area contributed by atoms with Crippen LogP contribution in [0.1, 0.15) is 13.3 Å². The number of allylic oxidation sites excluding steroid dienone is 1. The zero-order chi connectivity index (χ0) is 7.56. The Morgan fingerprint density at radius 3 is 2.70 bits per heavy atom. The van der Waals surface area contributed by atoms with Crippen LogP contribution < -0.4 is 5.48 Å². The largest absolute Gasteiger partial charge is 0.368 e. The molecule has 1 N–H and O–H groups in total. The molecular weight excluding hydrogens is 134 g/mol. The number of hydroxylamine groups is 1. The van der Waals surface area contributed by atoms with Crippen LogP contribution in [0, 0.1) is 0 Å². The molecule has 1 rings (SSSR count). The Labute approximate surface area is 57.8 Å². The molecule has 0 bridgehead atoms. The third-order valence-corrected chi connectivity index (χ3v) is 1.11. The van der Waals surface area contributed by atoms with Gasteiger partial charge in [0.2, 0.25) is 0 Å². The first kappa shape index (κ1) is 6.80. The van der Waals surface area contributed by atoms with E-state index in [-0.39, 0.29) is 5.57 Å². The summed E-state index contributed by atoms with van der Waals surface area (Å²) in [6.07, 6.45) is 2.18. The van der Waals surface area contributed by atoms with Gasteiger partial charge in [-0.1, -0.05) is 13.0 Å². The highest BCUT2D eigenvalue weighted by atomic mass is 16.7. The van der Waals surface area contributed by atoms with E-state index in [9.17, 15) is 9.59 Å². The van der Waals surface area contributed by atoms with E-state index in [4.69, 9.17) is 0 Å². The maximum Gasteiger partial charge on any atom is 0.368 e. The first-order valence-corrected chi connectivity index (χ1v) is 2.97. The Balaban J connectivity index is 2.82. The van der Waals surface area contributed by atoms with Crippen LogP contribution in [0.5, 0.6) is 0 Å². The lowest BCUT2D eigenvalue weighted by atomic mass is 10.2. The summed E-state index contributed by atoms with van der Waals surface area (Å²) in [5, 5.41) is 0. The Hall–Kier alpha value is -1.32. The number of hydrogen-bond acceptors (Lipinski definition) is 3. The molecule has 0 aromatic heterocycles. The van der Waals surface area contributed by atoms with E-state index in [1.165, 1.54) is 6.08 Å². The van der Waals surface area contributed by atoms with Gasteiger partial charge in [0.1, 0.15) is 5.57 Å². The average molecular weight is 141 g/mol. The van der Waals surface area contributed by atoms with Gasteiger partial charge in [-0.3, -0.25) is 4.79 Å². The van der Waals surface area contributed by atoms with Crippen LogP contribution in [0.4, 0.5) is 0 Å². The van der Waals surface area contributed by atoms with Crippen LogP contribution >= 0.6 is 0 Å². The molecule has 0 unspecified atom stereocenters. The van der Waals surface area contributed by atoms with Crippen molar-refractivity contribution in [3.05, 3.63) is 11.6 Å². The molecule has 0 radical (unpaired) electrons. The third kappa shape index (κ3) is 1.00. The number of amides is 1. The van der Waals surface area contributed by atoms with Gasteiger partial charge in [-0.25, -0.2) is 4.79 Å². The molecule has 0 aliphatic carbocycles. The van der Waals surface area contributed by atoms with Gasteiger partial charge in [0.05, 0.1) is 0 Å². The van der Waals surface area contributed by atoms with Gasteiger partial charge in [-0.2, -0.15) is 5.48 Å². The van der Waals surface area contributed by atoms with Gasteiger partial charge >= 0.3 is 5.97 Å². The lowest BCUT2D eigenvalue weighted by Gasteiger charge is -1.82. The molecule has 0 saturated carbocycles. The van der Waals surface area contributed by atoms with Gasteiger partial charge in [0.15, 0.2) is 0 Å².